The van der Waals surface area contributed by atoms with E-state index in [9.17, 15) is 5.21 Å². The van der Waals surface area contributed by atoms with Crippen LogP contribution in [0.15, 0.2) is 58.4 Å². The van der Waals surface area contributed by atoms with Gasteiger partial charge in [-0.05, 0) is 74.2 Å². The number of furan rings is 1. The molecule has 2 aliphatic rings. The third-order valence-corrected chi connectivity index (χ3v) is 5.92. The van der Waals surface area contributed by atoms with Gasteiger partial charge in [-0.3, -0.25) is 4.98 Å². The van der Waals surface area contributed by atoms with Crippen LogP contribution >= 0.6 is 0 Å². The van der Waals surface area contributed by atoms with Gasteiger partial charge in [-0.25, -0.2) is 0 Å². The van der Waals surface area contributed by atoms with E-state index in [2.05, 4.69) is 39.7 Å². The number of fused-ring (bicyclic) bond motifs is 1. The van der Waals surface area contributed by atoms with Crippen molar-refractivity contribution in [1.29, 1.82) is 0 Å². The standard InChI is InChI=1S/C23H23N3O2/c27-26-21-4-3-15-1-2-18(13-19(15)21)20-14-22(16-5-9-24-10-6-16)28-23(20)17-7-11-25-12-8-17/h1-2,7-8,11-14,16,24,27H,3-6,9-10H2/b26-21+. The van der Waals surface area contributed by atoms with Crippen LogP contribution < -0.4 is 5.32 Å². The molecule has 0 bridgehead atoms. The number of pyridine rings is 1. The van der Waals surface area contributed by atoms with Crippen LogP contribution in [-0.2, 0) is 6.42 Å². The lowest BCUT2D eigenvalue weighted by Crippen LogP contribution is -2.26. The second-order valence-electron chi connectivity index (χ2n) is 7.57. The van der Waals surface area contributed by atoms with E-state index >= 15 is 0 Å². The van der Waals surface area contributed by atoms with Gasteiger partial charge in [0.2, 0.25) is 0 Å². The minimum atomic E-state index is 0.444. The molecule has 2 N–H and O–H groups in total. The highest BCUT2D eigenvalue weighted by Crippen LogP contribution is 2.40. The van der Waals surface area contributed by atoms with Crippen LogP contribution in [0.1, 0.15) is 42.1 Å². The van der Waals surface area contributed by atoms with Crippen LogP contribution in [0.2, 0.25) is 0 Å². The molecule has 1 aliphatic carbocycles. The fraction of sp³-hybridized carbons (Fsp3) is 0.304. The van der Waals surface area contributed by atoms with Crippen molar-refractivity contribution in [2.45, 2.75) is 31.6 Å². The van der Waals surface area contributed by atoms with E-state index in [0.717, 1.165) is 78.3 Å². The fourth-order valence-electron chi connectivity index (χ4n) is 4.37. The van der Waals surface area contributed by atoms with Crippen molar-refractivity contribution in [3.8, 4) is 22.5 Å². The molecule has 3 heterocycles. The maximum atomic E-state index is 9.34. The highest BCUT2D eigenvalue weighted by atomic mass is 16.4. The molecule has 0 spiro atoms. The summed E-state index contributed by atoms with van der Waals surface area (Å²) in [7, 11) is 0. The molecule has 5 rings (SSSR count). The van der Waals surface area contributed by atoms with E-state index in [1.54, 1.807) is 12.4 Å². The first-order valence-corrected chi connectivity index (χ1v) is 9.93. The molecule has 1 saturated heterocycles. The van der Waals surface area contributed by atoms with Gasteiger partial charge in [0.05, 0.1) is 5.71 Å². The Kier molecular flexibility index (Phi) is 4.45. The number of rotatable bonds is 3. The van der Waals surface area contributed by atoms with Crippen molar-refractivity contribution in [3.63, 3.8) is 0 Å². The van der Waals surface area contributed by atoms with Crippen molar-refractivity contribution < 1.29 is 9.62 Å². The van der Waals surface area contributed by atoms with Crippen LogP contribution in [0.5, 0.6) is 0 Å². The van der Waals surface area contributed by atoms with E-state index in [-0.39, 0.29) is 0 Å². The zero-order chi connectivity index (χ0) is 18.9. The number of piperidine rings is 1. The molecule has 0 saturated carbocycles. The highest BCUT2D eigenvalue weighted by Gasteiger charge is 2.24. The third-order valence-electron chi connectivity index (χ3n) is 5.92. The van der Waals surface area contributed by atoms with Gasteiger partial charge in [0.1, 0.15) is 11.5 Å². The number of oxime groups is 1. The van der Waals surface area contributed by atoms with Gasteiger partial charge in [-0.2, -0.15) is 0 Å². The number of benzene rings is 1. The van der Waals surface area contributed by atoms with E-state index < -0.39 is 0 Å². The Balaban J connectivity index is 1.63. The summed E-state index contributed by atoms with van der Waals surface area (Å²) in [5.41, 5.74) is 6.27. The lowest BCUT2D eigenvalue weighted by Gasteiger charge is -2.20. The fourth-order valence-corrected chi connectivity index (χ4v) is 4.37. The minimum Gasteiger partial charge on any atom is -0.460 e. The van der Waals surface area contributed by atoms with Gasteiger partial charge in [0.15, 0.2) is 0 Å². The van der Waals surface area contributed by atoms with Crippen LogP contribution in [0.4, 0.5) is 0 Å². The smallest absolute Gasteiger partial charge is 0.142 e. The van der Waals surface area contributed by atoms with Gasteiger partial charge in [-0.15, -0.1) is 0 Å². The van der Waals surface area contributed by atoms with Crippen LogP contribution in [0.25, 0.3) is 22.5 Å². The summed E-state index contributed by atoms with van der Waals surface area (Å²) in [6, 6.07) is 12.6. The van der Waals surface area contributed by atoms with Gasteiger partial charge < -0.3 is 14.9 Å². The van der Waals surface area contributed by atoms with Gasteiger partial charge in [0, 0.05) is 35.0 Å². The molecule has 1 aromatic carbocycles. The second-order valence-corrected chi connectivity index (χ2v) is 7.57. The molecular formula is C23H23N3O2. The average Bonchev–Trinajstić information content (AvgIpc) is 3.39. The SMILES string of the molecule is O/N=C1\CCc2ccc(-c3cc(C4CCNCC4)oc3-c3ccncc3)cc21. The minimum absolute atomic E-state index is 0.444. The monoisotopic (exact) mass is 373 g/mol. The van der Waals surface area contributed by atoms with Crippen LogP contribution in [0, 0.1) is 0 Å². The first-order valence-electron chi connectivity index (χ1n) is 9.93. The Labute approximate surface area is 164 Å². The number of aromatic nitrogens is 1. The highest BCUT2D eigenvalue weighted by molar-refractivity contribution is 6.05. The summed E-state index contributed by atoms with van der Waals surface area (Å²) in [5.74, 6) is 2.39. The van der Waals surface area contributed by atoms with E-state index in [1.807, 2.05) is 12.1 Å². The molecule has 2 aromatic heterocycles. The van der Waals surface area contributed by atoms with Crippen molar-refractivity contribution in [2.75, 3.05) is 13.1 Å². The molecular weight excluding hydrogens is 350 g/mol. The molecule has 1 fully saturated rings. The molecule has 3 aromatic rings. The number of nitrogens with one attached hydrogen (secondary N) is 1. The molecule has 28 heavy (non-hydrogen) atoms. The van der Waals surface area contributed by atoms with Crippen LogP contribution in [0.3, 0.4) is 0 Å². The molecule has 0 unspecified atom stereocenters. The molecule has 5 nitrogen and oxygen atoms in total. The van der Waals surface area contributed by atoms with E-state index in [1.165, 1.54) is 5.56 Å². The summed E-state index contributed by atoms with van der Waals surface area (Å²) >= 11 is 0. The molecule has 1 aliphatic heterocycles. The van der Waals surface area contributed by atoms with Crippen molar-refractivity contribution >= 4 is 5.71 Å². The first kappa shape index (κ1) is 17.2. The first-order chi connectivity index (χ1) is 13.8. The summed E-state index contributed by atoms with van der Waals surface area (Å²) < 4.78 is 6.43. The molecule has 5 heteroatoms. The molecule has 0 radical (unpaired) electrons. The van der Waals surface area contributed by atoms with Crippen molar-refractivity contribution in [1.82, 2.24) is 10.3 Å². The predicted octanol–water partition coefficient (Wildman–Crippen LogP) is 4.60. The summed E-state index contributed by atoms with van der Waals surface area (Å²) in [6.45, 7) is 2.06. The summed E-state index contributed by atoms with van der Waals surface area (Å²) in [6.07, 6.45) is 7.49. The van der Waals surface area contributed by atoms with E-state index in [0.29, 0.717) is 5.92 Å². The maximum Gasteiger partial charge on any atom is 0.142 e. The van der Waals surface area contributed by atoms with Crippen LogP contribution in [-0.4, -0.2) is 29.0 Å². The molecule has 0 atom stereocenters. The second kappa shape index (κ2) is 7.24. The maximum absolute atomic E-state index is 9.34. The summed E-state index contributed by atoms with van der Waals surface area (Å²) in [4.78, 5) is 4.14. The number of nitrogens with zero attached hydrogens (tertiary/aromatic N) is 2. The quantitative estimate of drug-likeness (QED) is 0.520. The van der Waals surface area contributed by atoms with Gasteiger partial charge in [0.25, 0.3) is 0 Å². The van der Waals surface area contributed by atoms with E-state index in [4.69, 9.17) is 4.42 Å². The zero-order valence-electron chi connectivity index (χ0n) is 15.7. The lowest BCUT2D eigenvalue weighted by molar-refractivity contribution is 0.318. The topological polar surface area (TPSA) is 70.7 Å². The summed E-state index contributed by atoms with van der Waals surface area (Å²) in [5, 5.41) is 16.3. The Bertz CT molecular complexity index is 1020. The van der Waals surface area contributed by atoms with Crippen molar-refractivity contribution in [2.24, 2.45) is 5.16 Å². The van der Waals surface area contributed by atoms with Crippen molar-refractivity contribution in [3.05, 3.63) is 65.7 Å². The van der Waals surface area contributed by atoms with Gasteiger partial charge >= 0.3 is 0 Å². The zero-order valence-corrected chi connectivity index (χ0v) is 15.7. The Morgan fingerprint density at radius 1 is 0.964 bits per heavy atom. The Morgan fingerprint density at radius 2 is 1.79 bits per heavy atom. The third kappa shape index (κ3) is 3.02. The van der Waals surface area contributed by atoms with Gasteiger partial charge in [-0.1, -0.05) is 17.3 Å². The average molecular weight is 373 g/mol. The number of aryl methyl sites for hydroxylation is 1. The number of hydrogen-bond donors (Lipinski definition) is 2. The molecule has 0 amide bonds. The lowest BCUT2D eigenvalue weighted by atomic mass is 9.93. The normalized spacial score (nSPS) is 18.5. The largest absolute Gasteiger partial charge is 0.460 e. The predicted molar refractivity (Wildman–Crippen MR) is 109 cm³/mol. The Hall–Kier alpha value is -2.92. The number of hydrogen-bond acceptors (Lipinski definition) is 5. The Morgan fingerprint density at radius 3 is 2.57 bits per heavy atom. The molecule has 142 valence electrons.